The van der Waals surface area contributed by atoms with Crippen molar-refractivity contribution in [1.29, 1.82) is 0 Å². The SMILES string of the molecule is OCc1cc(F)ccc1N1CCC(N2CCOCC2)C1. The van der Waals surface area contributed by atoms with Crippen molar-refractivity contribution in [2.24, 2.45) is 0 Å². The Bertz CT molecular complexity index is 463. The maximum Gasteiger partial charge on any atom is 0.123 e. The molecule has 1 aromatic carbocycles. The minimum atomic E-state index is -0.290. The van der Waals surface area contributed by atoms with Crippen molar-refractivity contribution in [3.63, 3.8) is 0 Å². The molecule has 2 fully saturated rings. The van der Waals surface area contributed by atoms with E-state index in [9.17, 15) is 9.50 Å². The molecule has 0 aromatic heterocycles. The molecular formula is C15H21FN2O2. The predicted octanol–water partition coefficient (Wildman–Crippen LogP) is 1.23. The van der Waals surface area contributed by atoms with Gasteiger partial charge in [-0.2, -0.15) is 0 Å². The highest BCUT2D eigenvalue weighted by Crippen LogP contribution is 2.27. The first kappa shape index (κ1) is 13.8. The summed E-state index contributed by atoms with van der Waals surface area (Å²) in [5.41, 5.74) is 1.64. The van der Waals surface area contributed by atoms with Gasteiger partial charge >= 0.3 is 0 Å². The van der Waals surface area contributed by atoms with E-state index in [-0.39, 0.29) is 12.4 Å². The molecule has 0 aliphatic carbocycles. The van der Waals surface area contributed by atoms with Gasteiger partial charge in [-0.25, -0.2) is 4.39 Å². The molecule has 2 aliphatic rings. The summed E-state index contributed by atoms with van der Waals surface area (Å²) in [5.74, 6) is -0.290. The van der Waals surface area contributed by atoms with Crippen LogP contribution < -0.4 is 4.90 Å². The molecule has 110 valence electrons. The Morgan fingerprint density at radius 1 is 1.25 bits per heavy atom. The second-order valence-electron chi connectivity index (χ2n) is 5.47. The van der Waals surface area contributed by atoms with Crippen LogP contribution >= 0.6 is 0 Å². The quantitative estimate of drug-likeness (QED) is 0.903. The zero-order valence-electron chi connectivity index (χ0n) is 11.6. The minimum Gasteiger partial charge on any atom is -0.392 e. The number of anilines is 1. The van der Waals surface area contributed by atoms with Gasteiger partial charge in [0, 0.05) is 43.5 Å². The summed E-state index contributed by atoms with van der Waals surface area (Å²) in [6.45, 7) is 5.40. The molecule has 1 unspecified atom stereocenters. The van der Waals surface area contributed by atoms with Gasteiger partial charge in [-0.1, -0.05) is 0 Å². The molecule has 0 spiro atoms. The fourth-order valence-corrected chi connectivity index (χ4v) is 3.19. The van der Waals surface area contributed by atoms with Crippen LogP contribution in [-0.4, -0.2) is 55.4 Å². The normalized spacial score (nSPS) is 24.3. The zero-order valence-corrected chi connectivity index (χ0v) is 11.6. The highest BCUT2D eigenvalue weighted by Gasteiger charge is 2.29. The highest BCUT2D eigenvalue weighted by atomic mass is 19.1. The van der Waals surface area contributed by atoms with Crippen molar-refractivity contribution in [3.8, 4) is 0 Å². The molecule has 2 aliphatic heterocycles. The zero-order chi connectivity index (χ0) is 13.9. The molecule has 5 heteroatoms. The summed E-state index contributed by atoms with van der Waals surface area (Å²) in [7, 11) is 0. The molecule has 20 heavy (non-hydrogen) atoms. The van der Waals surface area contributed by atoms with Crippen LogP contribution in [0.5, 0.6) is 0 Å². The van der Waals surface area contributed by atoms with E-state index >= 15 is 0 Å². The molecular weight excluding hydrogens is 259 g/mol. The number of halogens is 1. The van der Waals surface area contributed by atoms with Gasteiger partial charge in [-0.3, -0.25) is 4.90 Å². The number of morpholine rings is 1. The Balaban J connectivity index is 1.70. The number of hydrogen-bond acceptors (Lipinski definition) is 4. The Hall–Kier alpha value is -1.17. The van der Waals surface area contributed by atoms with Crippen LogP contribution in [-0.2, 0) is 11.3 Å². The Labute approximate surface area is 118 Å². The van der Waals surface area contributed by atoms with Gasteiger partial charge in [-0.05, 0) is 24.6 Å². The molecule has 2 heterocycles. The number of nitrogens with zero attached hydrogens (tertiary/aromatic N) is 2. The van der Waals surface area contributed by atoms with Crippen LogP contribution in [0.4, 0.5) is 10.1 Å². The lowest BCUT2D eigenvalue weighted by Crippen LogP contribution is -2.44. The number of ether oxygens (including phenoxy) is 1. The van der Waals surface area contributed by atoms with E-state index in [1.807, 2.05) is 0 Å². The fraction of sp³-hybridized carbons (Fsp3) is 0.600. The summed E-state index contributed by atoms with van der Waals surface area (Å²) in [4.78, 5) is 4.73. The molecule has 3 rings (SSSR count). The van der Waals surface area contributed by atoms with Gasteiger partial charge < -0.3 is 14.7 Å². The van der Waals surface area contributed by atoms with Crippen molar-refractivity contribution < 1.29 is 14.2 Å². The second kappa shape index (κ2) is 6.08. The van der Waals surface area contributed by atoms with Crippen LogP contribution in [0.25, 0.3) is 0 Å². The van der Waals surface area contributed by atoms with E-state index in [0.717, 1.165) is 51.5 Å². The van der Waals surface area contributed by atoms with Crippen LogP contribution in [0.3, 0.4) is 0 Å². The lowest BCUT2D eigenvalue weighted by Gasteiger charge is -2.32. The van der Waals surface area contributed by atoms with Gasteiger partial charge in [0.15, 0.2) is 0 Å². The Morgan fingerprint density at radius 2 is 2.05 bits per heavy atom. The van der Waals surface area contributed by atoms with E-state index in [1.165, 1.54) is 12.1 Å². The third kappa shape index (κ3) is 2.80. The maximum atomic E-state index is 13.2. The van der Waals surface area contributed by atoms with Gasteiger partial charge in [0.1, 0.15) is 5.82 Å². The van der Waals surface area contributed by atoms with E-state index < -0.39 is 0 Å². The monoisotopic (exact) mass is 280 g/mol. The van der Waals surface area contributed by atoms with Gasteiger partial charge in [0.2, 0.25) is 0 Å². The maximum absolute atomic E-state index is 13.2. The van der Waals surface area contributed by atoms with Crippen molar-refractivity contribution in [2.75, 3.05) is 44.3 Å². The number of aliphatic hydroxyl groups is 1. The van der Waals surface area contributed by atoms with E-state index in [4.69, 9.17) is 4.74 Å². The average Bonchev–Trinajstić information content (AvgIpc) is 2.97. The summed E-state index contributed by atoms with van der Waals surface area (Å²) in [6.07, 6.45) is 1.11. The predicted molar refractivity (Wildman–Crippen MR) is 75.3 cm³/mol. The lowest BCUT2D eigenvalue weighted by molar-refractivity contribution is 0.0209. The van der Waals surface area contributed by atoms with Crippen molar-refractivity contribution in [2.45, 2.75) is 19.1 Å². The third-order valence-electron chi connectivity index (χ3n) is 4.28. The van der Waals surface area contributed by atoms with Crippen LogP contribution in [0.15, 0.2) is 18.2 Å². The molecule has 4 nitrogen and oxygen atoms in total. The number of hydrogen-bond donors (Lipinski definition) is 1. The van der Waals surface area contributed by atoms with Gasteiger partial charge in [0.05, 0.1) is 19.8 Å². The first-order valence-corrected chi connectivity index (χ1v) is 7.24. The van der Waals surface area contributed by atoms with Crippen LogP contribution in [0, 0.1) is 5.82 Å². The number of benzene rings is 1. The smallest absolute Gasteiger partial charge is 0.123 e. The summed E-state index contributed by atoms with van der Waals surface area (Å²) in [6, 6.07) is 5.21. The standard InChI is InChI=1S/C15H21FN2O2/c16-13-1-2-15(12(9-13)11-19)18-4-3-14(10-18)17-5-7-20-8-6-17/h1-2,9,14,19H,3-8,10-11H2. The topological polar surface area (TPSA) is 35.9 Å². The molecule has 1 atom stereocenters. The molecule has 1 N–H and O–H groups in total. The second-order valence-corrected chi connectivity index (χ2v) is 5.47. The van der Waals surface area contributed by atoms with Gasteiger partial charge in [-0.15, -0.1) is 0 Å². The number of aliphatic hydroxyl groups excluding tert-OH is 1. The molecule has 0 bridgehead atoms. The van der Waals surface area contributed by atoms with Crippen molar-refractivity contribution >= 4 is 5.69 Å². The van der Waals surface area contributed by atoms with Gasteiger partial charge in [0.25, 0.3) is 0 Å². The van der Waals surface area contributed by atoms with E-state index in [2.05, 4.69) is 9.80 Å². The first-order valence-electron chi connectivity index (χ1n) is 7.24. The summed E-state index contributed by atoms with van der Waals surface area (Å²) < 4.78 is 18.6. The van der Waals surface area contributed by atoms with E-state index in [0.29, 0.717) is 11.6 Å². The highest BCUT2D eigenvalue weighted by molar-refractivity contribution is 5.54. The Morgan fingerprint density at radius 3 is 2.80 bits per heavy atom. The molecule has 2 saturated heterocycles. The largest absolute Gasteiger partial charge is 0.392 e. The van der Waals surface area contributed by atoms with Crippen molar-refractivity contribution in [1.82, 2.24) is 4.90 Å². The molecule has 0 radical (unpaired) electrons. The Kier molecular flexibility index (Phi) is 4.19. The lowest BCUT2D eigenvalue weighted by atomic mass is 10.1. The fourth-order valence-electron chi connectivity index (χ4n) is 3.19. The summed E-state index contributed by atoms with van der Waals surface area (Å²) in [5, 5.41) is 9.40. The van der Waals surface area contributed by atoms with Crippen molar-refractivity contribution in [3.05, 3.63) is 29.6 Å². The first-order chi connectivity index (χ1) is 9.78. The number of rotatable bonds is 3. The molecule has 0 amide bonds. The molecule has 1 aromatic rings. The molecule has 0 saturated carbocycles. The van der Waals surface area contributed by atoms with Crippen LogP contribution in [0.2, 0.25) is 0 Å². The minimum absolute atomic E-state index is 0.119. The summed E-state index contributed by atoms with van der Waals surface area (Å²) >= 11 is 0. The third-order valence-corrected chi connectivity index (χ3v) is 4.28. The average molecular weight is 280 g/mol. The van der Waals surface area contributed by atoms with Crippen LogP contribution in [0.1, 0.15) is 12.0 Å². The van der Waals surface area contributed by atoms with E-state index in [1.54, 1.807) is 6.07 Å².